The van der Waals surface area contributed by atoms with Gasteiger partial charge in [0.2, 0.25) is 0 Å². The average Bonchev–Trinajstić information content (AvgIpc) is 2.37. The summed E-state index contributed by atoms with van der Waals surface area (Å²) in [7, 11) is 0. The summed E-state index contributed by atoms with van der Waals surface area (Å²) in [5, 5.41) is 0. The Hall–Kier alpha value is -1.23. The Kier molecular flexibility index (Phi) is 6.52. The Bertz CT molecular complexity index is 436. The van der Waals surface area contributed by atoms with E-state index in [9.17, 15) is 13.2 Å². The molecule has 0 heterocycles. The monoisotopic (exact) mass is 302 g/mol. The van der Waals surface area contributed by atoms with Crippen LogP contribution in [0.15, 0.2) is 18.2 Å². The van der Waals surface area contributed by atoms with E-state index < -0.39 is 11.7 Å². The first-order valence-electron chi connectivity index (χ1n) is 7.50. The first-order valence-corrected chi connectivity index (χ1v) is 7.50. The molecule has 0 radical (unpaired) electrons. The van der Waals surface area contributed by atoms with Crippen LogP contribution in [-0.2, 0) is 12.6 Å². The van der Waals surface area contributed by atoms with Crippen LogP contribution < -0.4 is 10.6 Å². The molecule has 0 amide bonds. The van der Waals surface area contributed by atoms with Gasteiger partial charge in [0.15, 0.2) is 0 Å². The Morgan fingerprint density at radius 3 is 2.14 bits per heavy atom. The molecule has 0 spiro atoms. The zero-order chi connectivity index (χ0) is 16.0. The number of halogens is 3. The second-order valence-corrected chi connectivity index (χ2v) is 5.52. The lowest BCUT2D eigenvalue weighted by Crippen LogP contribution is -2.28. The maximum atomic E-state index is 13.3. The number of anilines is 1. The number of alkyl halides is 3. The van der Waals surface area contributed by atoms with Crippen LogP contribution in [0.3, 0.4) is 0 Å². The molecule has 0 fully saturated rings. The van der Waals surface area contributed by atoms with E-state index in [-0.39, 0.29) is 11.7 Å². The molecular formula is C16H25F3N2. The highest BCUT2D eigenvalue weighted by Crippen LogP contribution is 2.37. The van der Waals surface area contributed by atoms with E-state index in [1.54, 1.807) is 19.1 Å². The molecule has 5 heteroatoms. The summed E-state index contributed by atoms with van der Waals surface area (Å²) in [5.41, 5.74) is 6.04. The second kappa shape index (κ2) is 7.69. The van der Waals surface area contributed by atoms with E-state index >= 15 is 0 Å². The topological polar surface area (TPSA) is 29.3 Å². The van der Waals surface area contributed by atoms with Crippen LogP contribution in [0, 0.1) is 0 Å². The molecule has 1 aromatic carbocycles. The van der Waals surface area contributed by atoms with Gasteiger partial charge in [0.25, 0.3) is 0 Å². The summed E-state index contributed by atoms with van der Waals surface area (Å²) < 4.78 is 40.0. The Labute approximate surface area is 125 Å². The summed E-state index contributed by atoms with van der Waals surface area (Å²) in [4.78, 5) is 1.82. The number of hydrogen-bond donors (Lipinski definition) is 1. The maximum absolute atomic E-state index is 13.3. The maximum Gasteiger partial charge on any atom is 0.418 e. The van der Waals surface area contributed by atoms with Crippen molar-refractivity contribution < 1.29 is 13.2 Å². The van der Waals surface area contributed by atoms with E-state index in [2.05, 4.69) is 0 Å². The molecule has 0 aromatic heterocycles. The van der Waals surface area contributed by atoms with Crippen LogP contribution in [0.1, 0.15) is 44.7 Å². The predicted molar refractivity (Wildman–Crippen MR) is 81.6 cm³/mol. The largest absolute Gasteiger partial charge is 0.418 e. The summed E-state index contributed by atoms with van der Waals surface area (Å²) in [6.45, 7) is 7.00. The minimum atomic E-state index is -4.34. The number of nitrogens with two attached hydrogens (primary N) is 1. The Morgan fingerprint density at radius 2 is 1.71 bits per heavy atom. The number of rotatable bonds is 7. The molecule has 1 rings (SSSR count). The molecule has 0 saturated heterocycles. The van der Waals surface area contributed by atoms with Crippen molar-refractivity contribution in [2.75, 3.05) is 18.0 Å². The van der Waals surface area contributed by atoms with Crippen LogP contribution in [0.5, 0.6) is 0 Å². The number of benzene rings is 1. The summed E-state index contributed by atoms with van der Waals surface area (Å²) >= 11 is 0. The van der Waals surface area contributed by atoms with Gasteiger partial charge < -0.3 is 10.6 Å². The highest BCUT2D eigenvalue weighted by molar-refractivity contribution is 5.56. The lowest BCUT2D eigenvalue weighted by Gasteiger charge is -2.27. The Balaban J connectivity index is 3.23. The quantitative estimate of drug-likeness (QED) is 0.817. The Morgan fingerprint density at radius 1 is 1.14 bits per heavy atom. The molecule has 2 nitrogen and oxygen atoms in total. The van der Waals surface area contributed by atoms with E-state index in [1.165, 1.54) is 6.07 Å². The second-order valence-electron chi connectivity index (χ2n) is 5.52. The summed E-state index contributed by atoms with van der Waals surface area (Å²) in [5.74, 6) is 0. The van der Waals surface area contributed by atoms with Crippen LogP contribution >= 0.6 is 0 Å². The van der Waals surface area contributed by atoms with Gasteiger partial charge in [-0.3, -0.25) is 0 Å². The van der Waals surface area contributed by atoms with Crippen molar-refractivity contribution in [2.45, 2.75) is 52.3 Å². The van der Waals surface area contributed by atoms with Crippen molar-refractivity contribution in [1.82, 2.24) is 0 Å². The summed E-state index contributed by atoms with van der Waals surface area (Å²) in [6, 6.07) is 4.44. The molecule has 1 aromatic rings. The highest BCUT2D eigenvalue weighted by Gasteiger charge is 2.35. The van der Waals surface area contributed by atoms with Gasteiger partial charge in [0.1, 0.15) is 0 Å². The molecule has 1 unspecified atom stereocenters. The van der Waals surface area contributed by atoms with Crippen molar-refractivity contribution in [3.63, 3.8) is 0 Å². The van der Waals surface area contributed by atoms with Crippen molar-refractivity contribution in [3.8, 4) is 0 Å². The van der Waals surface area contributed by atoms with Gasteiger partial charge in [0.05, 0.1) is 5.56 Å². The smallest absolute Gasteiger partial charge is 0.371 e. The van der Waals surface area contributed by atoms with Gasteiger partial charge in [0, 0.05) is 24.8 Å². The molecular weight excluding hydrogens is 277 g/mol. The van der Waals surface area contributed by atoms with E-state index in [0.29, 0.717) is 25.1 Å². The van der Waals surface area contributed by atoms with Gasteiger partial charge in [-0.25, -0.2) is 0 Å². The molecule has 0 bridgehead atoms. The zero-order valence-electron chi connectivity index (χ0n) is 13.0. The zero-order valence-corrected chi connectivity index (χ0v) is 13.0. The molecule has 2 N–H and O–H groups in total. The van der Waals surface area contributed by atoms with Crippen molar-refractivity contribution in [2.24, 2.45) is 5.73 Å². The standard InChI is InChI=1S/C16H25F3N2/c1-4-8-21(9-5-2)15-7-6-13(10-12(3)20)11-14(15)16(17,18)19/h6-7,11-12H,4-5,8-10,20H2,1-3H3. The average molecular weight is 302 g/mol. The van der Waals surface area contributed by atoms with Crippen molar-refractivity contribution >= 4 is 5.69 Å². The molecule has 0 aliphatic rings. The first-order chi connectivity index (χ1) is 9.79. The van der Waals surface area contributed by atoms with Crippen LogP contribution in [0.4, 0.5) is 18.9 Å². The van der Waals surface area contributed by atoms with E-state index in [1.807, 2.05) is 18.7 Å². The fraction of sp³-hybridized carbons (Fsp3) is 0.625. The van der Waals surface area contributed by atoms with E-state index in [4.69, 9.17) is 5.73 Å². The van der Waals surface area contributed by atoms with Gasteiger partial charge in [-0.1, -0.05) is 19.9 Å². The van der Waals surface area contributed by atoms with Gasteiger partial charge in [-0.2, -0.15) is 13.2 Å². The molecule has 120 valence electrons. The first kappa shape index (κ1) is 17.8. The van der Waals surface area contributed by atoms with Crippen LogP contribution in [0.2, 0.25) is 0 Å². The lowest BCUT2D eigenvalue weighted by molar-refractivity contribution is -0.137. The van der Waals surface area contributed by atoms with Crippen LogP contribution in [0.25, 0.3) is 0 Å². The predicted octanol–water partition coefficient (Wildman–Crippen LogP) is 4.22. The van der Waals surface area contributed by atoms with Crippen molar-refractivity contribution in [3.05, 3.63) is 29.3 Å². The third-order valence-corrected chi connectivity index (χ3v) is 3.25. The third-order valence-electron chi connectivity index (χ3n) is 3.25. The van der Waals surface area contributed by atoms with Gasteiger partial charge in [-0.15, -0.1) is 0 Å². The molecule has 0 saturated carbocycles. The lowest BCUT2D eigenvalue weighted by atomic mass is 10.0. The van der Waals surface area contributed by atoms with Crippen LogP contribution in [-0.4, -0.2) is 19.1 Å². The van der Waals surface area contributed by atoms with E-state index in [0.717, 1.165) is 12.8 Å². The molecule has 21 heavy (non-hydrogen) atoms. The number of hydrogen-bond acceptors (Lipinski definition) is 2. The third kappa shape index (κ3) is 5.23. The number of nitrogens with zero attached hydrogens (tertiary/aromatic N) is 1. The molecule has 0 aliphatic carbocycles. The summed E-state index contributed by atoms with van der Waals surface area (Å²) in [6.07, 6.45) is -2.26. The van der Waals surface area contributed by atoms with Gasteiger partial charge in [-0.05, 0) is 43.9 Å². The van der Waals surface area contributed by atoms with Crippen molar-refractivity contribution in [1.29, 1.82) is 0 Å². The van der Waals surface area contributed by atoms with Gasteiger partial charge >= 0.3 is 6.18 Å². The fourth-order valence-electron chi connectivity index (χ4n) is 2.48. The minimum absolute atomic E-state index is 0.153. The minimum Gasteiger partial charge on any atom is -0.371 e. The normalized spacial score (nSPS) is 13.3. The fourth-order valence-corrected chi connectivity index (χ4v) is 2.48. The SMILES string of the molecule is CCCN(CCC)c1ccc(CC(C)N)cc1C(F)(F)F. The highest BCUT2D eigenvalue weighted by atomic mass is 19.4. The molecule has 1 atom stereocenters. The molecule has 0 aliphatic heterocycles.